The summed E-state index contributed by atoms with van der Waals surface area (Å²) in [6.07, 6.45) is 3.60. The van der Waals surface area contributed by atoms with E-state index in [1.807, 2.05) is 30.3 Å². The molecule has 1 unspecified atom stereocenters. The molecule has 7 heteroatoms. The number of hydrogen-bond acceptors (Lipinski definition) is 4. The van der Waals surface area contributed by atoms with Gasteiger partial charge in [-0.25, -0.2) is 14.4 Å². The smallest absolute Gasteiger partial charge is 0.156 e. The molecular weight excluding hydrogens is 475 g/mol. The fraction of sp³-hybridized carbons (Fsp3) is 0.138. The number of nitrogens with zero attached hydrogens (tertiary/aromatic N) is 4. The fourth-order valence-corrected chi connectivity index (χ4v) is 4.79. The second-order valence-corrected chi connectivity index (χ2v) is 9.10. The third-order valence-corrected chi connectivity index (χ3v) is 6.75. The Bertz CT molecular complexity index is 1590. The van der Waals surface area contributed by atoms with Crippen LogP contribution in [0.4, 0.5) is 4.39 Å². The Balaban J connectivity index is 1.76. The van der Waals surface area contributed by atoms with E-state index in [0.717, 1.165) is 5.56 Å². The van der Waals surface area contributed by atoms with Gasteiger partial charge >= 0.3 is 0 Å². The van der Waals surface area contributed by atoms with Crippen LogP contribution in [0.1, 0.15) is 39.2 Å². The Morgan fingerprint density at radius 1 is 1.06 bits per heavy atom. The van der Waals surface area contributed by atoms with E-state index >= 15 is 0 Å². The largest absolute Gasteiger partial charge is 0.374 e. The summed E-state index contributed by atoms with van der Waals surface area (Å²) in [4.78, 5) is 8.75. The maximum absolute atomic E-state index is 14.1. The number of benzene rings is 3. The van der Waals surface area contributed by atoms with Crippen LogP contribution >= 0.6 is 11.6 Å². The average Bonchev–Trinajstić information content (AvgIpc) is 3.34. The van der Waals surface area contributed by atoms with Crippen LogP contribution < -0.4 is 0 Å². The lowest BCUT2D eigenvalue weighted by Gasteiger charge is -2.30. The Morgan fingerprint density at radius 2 is 1.78 bits per heavy atom. The summed E-state index contributed by atoms with van der Waals surface area (Å²) in [5.74, 6) is 0. The Labute approximate surface area is 213 Å². The molecule has 178 valence electrons. The van der Waals surface area contributed by atoms with E-state index in [4.69, 9.17) is 11.6 Å². The van der Waals surface area contributed by atoms with Crippen molar-refractivity contribution in [2.75, 3.05) is 0 Å². The van der Waals surface area contributed by atoms with Crippen LogP contribution in [0, 0.1) is 11.3 Å². The number of hydrogen-bond donors (Lipinski definition) is 1. The number of halogens is 2. The van der Waals surface area contributed by atoms with E-state index in [-0.39, 0.29) is 5.69 Å². The molecule has 0 aliphatic heterocycles. The standard InChI is InChI=1S/C29H22ClFN4O/c1-35-18-33-17-28(35)29(36,20-7-10-22(30)11-8-20)21-9-12-26-24(14-21)25(16-32)23(27(15-31)34-26)13-19-5-3-2-4-6-19/h2-12,14,17-18,36H,13,15H2,1H3. The molecule has 0 bridgehead atoms. The minimum atomic E-state index is -1.59. The zero-order valence-corrected chi connectivity index (χ0v) is 20.2. The van der Waals surface area contributed by atoms with Crippen LogP contribution in [0.25, 0.3) is 10.9 Å². The number of alkyl halides is 1. The van der Waals surface area contributed by atoms with Crippen LogP contribution in [-0.4, -0.2) is 19.6 Å². The highest BCUT2D eigenvalue weighted by atomic mass is 35.5. The number of pyridine rings is 1. The molecular formula is C29H22ClFN4O. The normalized spacial score (nSPS) is 12.9. The number of aryl methyl sites for hydroxylation is 1. The summed E-state index contributed by atoms with van der Waals surface area (Å²) >= 11 is 6.12. The molecule has 5 aromatic rings. The summed E-state index contributed by atoms with van der Waals surface area (Å²) in [5, 5.41) is 23.5. The molecule has 5 rings (SSSR count). The molecule has 0 spiro atoms. The van der Waals surface area contributed by atoms with Crippen molar-refractivity contribution in [2.24, 2.45) is 7.05 Å². The van der Waals surface area contributed by atoms with E-state index in [1.165, 1.54) is 0 Å². The van der Waals surface area contributed by atoms with Crippen molar-refractivity contribution in [1.82, 2.24) is 14.5 Å². The van der Waals surface area contributed by atoms with Crippen molar-refractivity contribution in [3.8, 4) is 6.07 Å². The zero-order valence-electron chi connectivity index (χ0n) is 19.5. The molecule has 1 N–H and O–H groups in total. The Kier molecular flexibility index (Phi) is 6.27. The van der Waals surface area contributed by atoms with E-state index < -0.39 is 12.3 Å². The predicted octanol–water partition coefficient (Wildman–Crippen LogP) is 5.84. The van der Waals surface area contributed by atoms with Crippen molar-refractivity contribution in [1.29, 1.82) is 5.26 Å². The summed E-state index contributed by atoms with van der Waals surface area (Å²) in [6.45, 7) is -0.779. The minimum absolute atomic E-state index is 0.246. The van der Waals surface area contributed by atoms with Crippen molar-refractivity contribution in [2.45, 2.75) is 18.7 Å². The van der Waals surface area contributed by atoms with E-state index in [9.17, 15) is 14.8 Å². The predicted molar refractivity (Wildman–Crippen MR) is 137 cm³/mol. The van der Waals surface area contributed by atoms with Crippen molar-refractivity contribution >= 4 is 22.5 Å². The fourth-order valence-electron chi connectivity index (χ4n) is 4.67. The molecule has 0 fully saturated rings. The van der Waals surface area contributed by atoms with Crippen LogP contribution in [0.5, 0.6) is 0 Å². The van der Waals surface area contributed by atoms with Gasteiger partial charge in [0, 0.05) is 23.9 Å². The molecule has 36 heavy (non-hydrogen) atoms. The first-order valence-electron chi connectivity index (χ1n) is 11.4. The topological polar surface area (TPSA) is 74.7 Å². The van der Waals surface area contributed by atoms with Crippen LogP contribution in [0.2, 0.25) is 5.02 Å². The maximum atomic E-state index is 14.1. The molecule has 0 amide bonds. The van der Waals surface area contributed by atoms with Gasteiger partial charge in [0.25, 0.3) is 0 Å². The van der Waals surface area contributed by atoms with Gasteiger partial charge < -0.3 is 9.67 Å². The first kappa shape index (κ1) is 23.7. The molecule has 0 aliphatic rings. The molecule has 2 heterocycles. The maximum Gasteiger partial charge on any atom is 0.156 e. The number of nitriles is 1. The lowest BCUT2D eigenvalue weighted by atomic mass is 9.82. The van der Waals surface area contributed by atoms with E-state index in [1.54, 1.807) is 66.6 Å². The number of rotatable bonds is 6. The van der Waals surface area contributed by atoms with Crippen molar-refractivity contribution in [3.63, 3.8) is 0 Å². The van der Waals surface area contributed by atoms with Crippen molar-refractivity contribution < 1.29 is 9.50 Å². The lowest BCUT2D eigenvalue weighted by molar-refractivity contribution is 0.117. The molecule has 5 nitrogen and oxygen atoms in total. The van der Waals surface area contributed by atoms with E-state index in [2.05, 4.69) is 16.0 Å². The first-order valence-corrected chi connectivity index (χ1v) is 11.7. The number of aromatic nitrogens is 3. The molecule has 1 atom stereocenters. The molecule has 0 aliphatic carbocycles. The minimum Gasteiger partial charge on any atom is -0.374 e. The highest BCUT2D eigenvalue weighted by molar-refractivity contribution is 6.30. The first-order chi connectivity index (χ1) is 17.5. The van der Waals surface area contributed by atoms with E-state index in [0.29, 0.717) is 50.3 Å². The van der Waals surface area contributed by atoms with Gasteiger partial charge in [0.2, 0.25) is 0 Å². The van der Waals surface area contributed by atoms with Gasteiger partial charge in [-0.1, -0.05) is 60.1 Å². The molecule has 0 radical (unpaired) electrons. The monoisotopic (exact) mass is 496 g/mol. The van der Waals surface area contributed by atoms with Gasteiger partial charge in [-0.15, -0.1) is 0 Å². The van der Waals surface area contributed by atoms with Crippen LogP contribution in [-0.2, 0) is 25.7 Å². The Morgan fingerprint density at radius 3 is 2.42 bits per heavy atom. The van der Waals surface area contributed by atoms with Gasteiger partial charge in [-0.3, -0.25) is 0 Å². The molecule has 2 aromatic heterocycles. The third kappa shape index (κ3) is 4.03. The highest BCUT2D eigenvalue weighted by Gasteiger charge is 2.37. The molecule has 3 aromatic carbocycles. The van der Waals surface area contributed by atoms with Crippen molar-refractivity contribution in [3.05, 3.63) is 130 Å². The quantitative estimate of drug-likeness (QED) is 0.320. The lowest BCUT2D eigenvalue weighted by Crippen LogP contribution is -2.31. The highest BCUT2D eigenvalue weighted by Crippen LogP contribution is 2.39. The van der Waals surface area contributed by atoms with Gasteiger partial charge in [-0.2, -0.15) is 5.26 Å². The summed E-state index contributed by atoms with van der Waals surface area (Å²) < 4.78 is 15.8. The summed E-state index contributed by atoms with van der Waals surface area (Å²) in [7, 11) is 1.80. The molecule has 0 saturated heterocycles. The van der Waals surface area contributed by atoms with Gasteiger partial charge in [0.15, 0.2) is 5.60 Å². The number of imidazole rings is 1. The Hall–Kier alpha value is -4.05. The SMILES string of the molecule is Cn1cncc1C(O)(c1ccc(Cl)cc1)c1ccc2nc(CF)c(Cc3ccccc3)c(C#N)c2c1. The van der Waals surface area contributed by atoms with Crippen LogP contribution in [0.3, 0.4) is 0 Å². The summed E-state index contributed by atoms with van der Waals surface area (Å²) in [6, 6.07) is 24.1. The summed E-state index contributed by atoms with van der Waals surface area (Å²) in [5.41, 5.74) is 2.65. The molecule has 0 saturated carbocycles. The zero-order chi connectivity index (χ0) is 25.3. The van der Waals surface area contributed by atoms with Gasteiger partial charge in [0.1, 0.15) is 12.7 Å². The van der Waals surface area contributed by atoms with Gasteiger partial charge in [-0.05, 0) is 46.5 Å². The second kappa shape index (κ2) is 9.54. The van der Waals surface area contributed by atoms with Crippen LogP contribution in [0.15, 0.2) is 85.3 Å². The van der Waals surface area contributed by atoms with Gasteiger partial charge in [0.05, 0.1) is 35.0 Å². The third-order valence-electron chi connectivity index (χ3n) is 6.50. The number of fused-ring (bicyclic) bond motifs is 1. The second-order valence-electron chi connectivity index (χ2n) is 8.66. The average molecular weight is 497 g/mol. The number of aliphatic hydroxyl groups is 1.